The molecule has 0 bridgehead atoms. The summed E-state index contributed by atoms with van der Waals surface area (Å²) in [7, 11) is -1.63. The summed E-state index contributed by atoms with van der Waals surface area (Å²) in [6.07, 6.45) is 5.09. The number of benzene rings is 1. The van der Waals surface area contributed by atoms with Crippen LogP contribution in [0.5, 0.6) is 0 Å². The van der Waals surface area contributed by atoms with Crippen LogP contribution in [0.2, 0.25) is 0 Å². The summed E-state index contributed by atoms with van der Waals surface area (Å²) in [4.78, 5) is 6.64. The van der Waals surface area contributed by atoms with Gasteiger partial charge in [-0.3, -0.25) is 4.99 Å². The maximum Gasteiger partial charge on any atom is 0.213 e. The molecule has 1 aromatic carbocycles. The molecule has 0 aromatic heterocycles. The molecule has 0 aliphatic carbocycles. The Morgan fingerprint density at radius 1 is 1.16 bits per heavy atom. The summed E-state index contributed by atoms with van der Waals surface area (Å²) in [5.41, 5.74) is 1.26. The number of hydrogen-bond acceptors (Lipinski definition) is 5. The van der Waals surface area contributed by atoms with Crippen molar-refractivity contribution < 1.29 is 13.2 Å². The van der Waals surface area contributed by atoms with Crippen molar-refractivity contribution in [2.24, 2.45) is 4.99 Å². The van der Waals surface area contributed by atoms with Crippen molar-refractivity contribution >= 4 is 45.6 Å². The van der Waals surface area contributed by atoms with Crippen molar-refractivity contribution in [3.8, 4) is 0 Å². The quantitative estimate of drug-likeness (QED) is 0.254. The highest BCUT2D eigenvalue weighted by Crippen LogP contribution is 2.19. The van der Waals surface area contributed by atoms with Gasteiger partial charge in [0.1, 0.15) is 0 Å². The van der Waals surface area contributed by atoms with E-state index >= 15 is 0 Å². The van der Waals surface area contributed by atoms with Gasteiger partial charge in [0.25, 0.3) is 0 Å². The summed E-state index contributed by atoms with van der Waals surface area (Å²) in [6.45, 7) is 3.36. The highest BCUT2D eigenvalue weighted by Gasteiger charge is 2.21. The highest BCUT2D eigenvalue weighted by atomic mass is 127. The third-order valence-electron chi connectivity index (χ3n) is 5.65. The molecule has 1 unspecified atom stereocenters. The number of sulfonamides is 1. The molecule has 31 heavy (non-hydrogen) atoms. The van der Waals surface area contributed by atoms with Crippen molar-refractivity contribution in [2.75, 3.05) is 50.5 Å². The predicted molar refractivity (Wildman–Crippen MR) is 137 cm³/mol. The van der Waals surface area contributed by atoms with Crippen LogP contribution in [0, 0.1) is 0 Å². The molecule has 0 radical (unpaired) electrons. The first-order valence-electron chi connectivity index (χ1n) is 10.9. The summed E-state index contributed by atoms with van der Waals surface area (Å²) < 4.78 is 32.7. The lowest BCUT2D eigenvalue weighted by molar-refractivity contribution is 0.0200. The lowest BCUT2D eigenvalue weighted by atomic mass is 10.0. The number of para-hydroxylation sites is 1. The fourth-order valence-electron chi connectivity index (χ4n) is 3.87. The van der Waals surface area contributed by atoms with E-state index in [0.29, 0.717) is 25.1 Å². The Morgan fingerprint density at radius 3 is 2.55 bits per heavy atom. The third kappa shape index (κ3) is 9.11. The number of piperidine rings is 1. The van der Waals surface area contributed by atoms with Gasteiger partial charge in [-0.1, -0.05) is 18.2 Å². The molecular weight excluding hydrogens is 529 g/mol. The molecule has 2 fully saturated rings. The van der Waals surface area contributed by atoms with E-state index in [1.165, 1.54) is 5.69 Å². The highest BCUT2D eigenvalue weighted by molar-refractivity contribution is 14.0. The largest absolute Gasteiger partial charge is 0.377 e. The fraction of sp³-hybridized carbons (Fsp3) is 0.667. The Bertz CT molecular complexity index is 764. The number of rotatable bonds is 8. The van der Waals surface area contributed by atoms with Crippen molar-refractivity contribution in [1.82, 2.24) is 15.4 Å². The number of hydrogen-bond donors (Lipinski definition) is 3. The van der Waals surface area contributed by atoms with Crippen LogP contribution in [0.4, 0.5) is 5.69 Å². The summed E-state index contributed by atoms with van der Waals surface area (Å²) in [5.74, 6) is 0.659. The Balaban J connectivity index is 0.00000341. The first-order chi connectivity index (χ1) is 14.6. The number of halogens is 1. The zero-order valence-corrected chi connectivity index (χ0v) is 21.4. The van der Waals surface area contributed by atoms with Gasteiger partial charge in [0.15, 0.2) is 5.96 Å². The zero-order chi connectivity index (χ0) is 21.2. The lowest BCUT2D eigenvalue weighted by Crippen LogP contribution is -2.49. The Hall–Kier alpha value is -1.11. The molecule has 8 nitrogen and oxygen atoms in total. The van der Waals surface area contributed by atoms with Gasteiger partial charge in [-0.15, -0.1) is 24.0 Å². The van der Waals surface area contributed by atoms with E-state index in [2.05, 4.69) is 49.5 Å². The van der Waals surface area contributed by atoms with Crippen LogP contribution in [0.15, 0.2) is 35.3 Å². The van der Waals surface area contributed by atoms with Gasteiger partial charge in [-0.25, -0.2) is 13.1 Å². The zero-order valence-electron chi connectivity index (χ0n) is 18.3. The van der Waals surface area contributed by atoms with Crippen molar-refractivity contribution in [3.05, 3.63) is 30.3 Å². The molecule has 2 saturated heterocycles. The fourth-order valence-corrected chi connectivity index (χ4v) is 4.83. The summed E-state index contributed by atoms with van der Waals surface area (Å²) in [6, 6.07) is 10.8. The first kappa shape index (κ1) is 26.1. The molecule has 0 saturated carbocycles. The molecule has 2 aliphatic heterocycles. The number of anilines is 1. The van der Waals surface area contributed by atoms with E-state index in [0.717, 1.165) is 51.8 Å². The molecule has 1 atom stereocenters. The third-order valence-corrected chi connectivity index (χ3v) is 7.00. The molecule has 0 spiro atoms. The van der Waals surface area contributed by atoms with Crippen LogP contribution in [0.3, 0.4) is 0 Å². The number of aliphatic imine (C=N–C) groups is 1. The number of nitrogens with zero attached hydrogens (tertiary/aromatic N) is 2. The van der Waals surface area contributed by atoms with Gasteiger partial charge in [0, 0.05) is 51.6 Å². The Kier molecular flexibility index (Phi) is 11.3. The van der Waals surface area contributed by atoms with Gasteiger partial charge in [0.2, 0.25) is 10.0 Å². The molecule has 176 valence electrons. The number of ether oxygens (including phenoxy) is 1. The minimum absolute atomic E-state index is 0. The second-order valence-electron chi connectivity index (χ2n) is 7.90. The first-order valence-corrected chi connectivity index (χ1v) is 12.6. The monoisotopic (exact) mass is 565 g/mol. The van der Waals surface area contributed by atoms with Gasteiger partial charge in [0.05, 0.1) is 11.9 Å². The molecule has 2 heterocycles. The molecule has 10 heteroatoms. The summed E-state index contributed by atoms with van der Waals surface area (Å²) in [5, 5.41) is 6.55. The predicted octanol–water partition coefficient (Wildman–Crippen LogP) is 1.93. The van der Waals surface area contributed by atoms with Crippen molar-refractivity contribution in [2.45, 2.75) is 44.2 Å². The number of nitrogens with one attached hydrogen (secondary N) is 3. The Morgan fingerprint density at radius 2 is 1.90 bits per heavy atom. The van der Waals surface area contributed by atoms with Crippen molar-refractivity contribution in [1.29, 1.82) is 0 Å². The average molecular weight is 566 g/mol. The normalized spacial score (nSPS) is 20.7. The lowest BCUT2D eigenvalue weighted by Gasteiger charge is -2.34. The molecule has 2 aliphatic rings. The van der Waals surface area contributed by atoms with E-state index in [4.69, 9.17) is 4.74 Å². The topological polar surface area (TPSA) is 95.1 Å². The van der Waals surface area contributed by atoms with Crippen molar-refractivity contribution in [3.63, 3.8) is 0 Å². The van der Waals surface area contributed by atoms with E-state index in [1.807, 2.05) is 6.07 Å². The maximum absolute atomic E-state index is 12.2. The number of guanidine groups is 1. The van der Waals surface area contributed by atoms with E-state index in [1.54, 1.807) is 7.05 Å². The molecule has 1 aromatic rings. The molecular formula is C21H36IN5O3S. The van der Waals surface area contributed by atoms with Crippen LogP contribution in [-0.4, -0.2) is 72.1 Å². The van der Waals surface area contributed by atoms with Gasteiger partial charge in [-0.2, -0.15) is 0 Å². The average Bonchev–Trinajstić information content (AvgIpc) is 2.79. The van der Waals surface area contributed by atoms with Gasteiger partial charge < -0.3 is 20.3 Å². The smallest absolute Gasteiger partial charge is 0.213 e. The molecule has 0 amide bonds. The standard InChI is InChI=1S/C21H35N5O3S.HI/c1-22-21(23-12-16-30(27,28)24-17-20-9-5-6-15-29-20)25-18-10-13-26(14-11-18)19-7-3-2-4-8-19;/h2-4,7-8,18,20,24H,5-6,9-17H2,1H3,(H2,22,23,25);1H. The molecule has 3 N–H and O–H groups in total. The second kappa shape index (κ2) is 13.4. The SMILES string of the molecule is CN=C(NCCS(=O)(=O)NCC1CCCCO1)NC1CCN(c2ccccc2)CC1.I. The minimum atomic E-state index is -3.34. The van der Waals surface area contributed by atoms with Crippen LogP contribution < -0.4 is 20.3 Å². The van der Waals surface area contributed by atoms with Crippen LogP contribution in [0.25, 0.3) is 0 Å². The van der Waals surface area contributed by atoms with Crippen LogP contribution in [0.1, 0.15) is 32.1 Å². The summed E-state index contributed by atoms with van der Waals surface area (Å²) >= 11 is 0. The van der Waals surface area contributed by atoms with Gasteiger partial charge in [-0.05, 0) is 44.2 Å². The molecule has 3 rings (SSSR count). The van der Waals surface area contributed by atoms with E-state index in [9.17, 15) is 8.42 Å². The maximum atomic E-state index is 12.2. The minimum Gasteiger partial charge on any atom is -0.377 e. The van der Waals surface area contributed by atoms with E-state index < -0.39 is 10.0 Å². The van der Waals surface area contributed by atoms with Crippen LogP contribution >= 0.6 is 24.0 Å². The van der Waals surface area contributed by atoms with Gasteiger partial charge >= 0.3 is 0 Å². The second-order valence-corrected chi connectivity index (χ2v) is 9.82. The Labute approximate surface area is 203 Å². The van der Waals surface area contributed by atoms with Crippen LogP contribution in [-0.2, 0) is 14.8 Å². The van der Waals surface area contributed by atoms with E-state index in [-0.39, 0.29) is 35.8 Å².